The van der Waals surface area contributed by atoms with Gasteiger partial charge < -0.3 is 4.74 Å². The highest BCUT2D eigenvalue weighted by atomic mass is 19.3. The fourth-order valence-electron chi connectivity index (χ4n) is 4.76. The maximum Gasteiger partial charge on any atom is 0.280 e. The van der Waals surface area contributed by atoms with Crippen LogP contribution in [0.25, 0.3) is 11.1 Å². The zero-order chi connectivity index (χ0) is 20.8. The van der Waals surface area contributed by atoms with E-state index < -0.39 is 29.5 Å². The number of allylic oxidation sites excluding steroid dienone is 1. The first-order valence-electron chi connectivity index (χ1n) is 10.1. The lowest BCUT2D eigenvalue weighted by molar-refractivity contribution is -0.00944. The maximum absolute atomic E-state index is 15.4. The molecule has 2 aromatic rings. The quantitative estimate of drug-likeness (QED) is 0.389. The Morgan fingerprint density at radius 2 is 1.72 bits per heavy atom. The molecule has 0 saturated heterocycles. The van der Waals surface area contributed by atoms with Crippen molar-refractivity contribution >= 4 is 0 Å². The zero-order valence-electron chi connectivity index (χ0n) is 16.4. The summed E-state index contributed by atoms with van der Waals surface area (Å²) < 4.78 is 65.4. The Morgan fingerprint density at radius 3 is 2.38 bits per heavy atom. The molecule has 1 saturated carbocycles. The number of ether oxygens (including phenoxy) is 1. The fourth-order valence-corrected chi connectivity index (χ4v) is 4.76. The lowest BCUT2D eigenvalue weighted by Gasteiger charge is -2.32. The highest BCUT2D eigenvalue weighted by molar-refractivity contribution is 5.76. The van der Waals surface area contributed by atoms with Gasteiger partial charge in [0.1, 0.15) is 5.82 Å². The summed E-state index contributed by atoms with van der Waals surface area (Å²) >= 11 is 0. The predicted molar refractivity (Wildman–Crippen MR) is 105 cm³/mol. The van der Waals surface area contributed by atoms with E-state index in [-0.39, 0.29) is 29.4 Å². The van der Waals surface area contributed by atoms with Crippen molar-refractivity contribution in [3.05, 3.63) is 65.2 Å². The van der Waals surface area contributed by atoms with Crippen LogP contribution in [-0.2, 0) is 12.3 Å². The lowest BCUT2D eigenvalue weighted by Crippen LogP contribution is -2.27. The summed E-state index contributed by atoms with van der Waals surface area (Å²) in [6, 6.07) is 6.10. The van der Waals surface area contributed by atoms with Crippen LogP contribution in [0.4, 0.5) is 17.6 Å². The van der Waals surface area contributed by atoms with E-state index in [2.05, 4.69) is 6.58 Å². The monoisotopic (exact) mass is 404 g/mol. The molecular weight excluding hydrogens is 380 g/mol. The molecule has 2 aromatic carbocycles. The summed E-state index contributed by atoms with van der Waals surface area (Å²) in [5, 5.41) is 0. The Kier molecular flexibility index (Phi) is 5.18. The first kappa shape index (κ1) is 20.0. The minimum absolute atomic E-state index is 0.0541. The Bertz CT molecular complexity index is 942. The number of benzene rings is 2. The van der Waals surface area contributed by atoms with Gasteiger partial charge >= 0.3 is 0 Å². The van der Waals surface area contributed by atoms with E-state index in [1.807, 2.05) is 6.08 Å². The van der Waals surface area contributed by atoms with Crippen LogP contribution in [0.5, 0.6) is 5.75 Å². The number of hydrogen-bond acceptors (Lipinski definition) is 1. The predicted octanol–water partition coefficient (Wildman–Crippen LogP) is 7.14. The molecule has 0 unspecified atom stereocenters. The van der Waals surface area contributed by atoms with E-state index in [0.717, 1.165) is 25.7 Å². The normalized spacial score (nSPS) is 22.5. The molecule has 0 aromatic heterocycles. The molecule has 0 spiro atoms. The van der Waals surface area contributed by atoms with Crippen LogP contribution in [0.1, 0.15) is 55.2 Å². The van der Waals surface area contributed by atoms with Gasteiger partial charge in [0.05, 0.1) is 12.2 Å². The second-order valence-electron chi connectivity index (χ2n) is 7.96. The average Bonchev–Trinajstić information content (AvgIpc) is 2.70. The molecule has 1 nitrogen and oxygen atoms in total. The second kappa shape index (κ2) is 7.51. The first-order chi connectivity index (χ1) is 13.9. The third-order valence-corrected chi connectivity index (χ3v) is 6.28. The van der Waals surface area contributed by atoms with Crippen molar-refractivity contribution in [3.8, 4) is 16.9 Å². The first-order valence-corrected chi connectivity index (χ1v) is 10.1. The molecule has 0 amide bonds. The molecule has 0 bridgehead atoms. The van der Waals surface area contributed by atoms with E-state index in [9.17, 15) is 4.39 Å². The van der Waals surface area contributed by atoms with Gasteiger partial charge in [0.25, 0.3) is 5.92 Å². The van der Waals surface area contributed by atoms with E-state index in [1.165, 1.54) is 12.1 Å². The Morgan fingerprint density at radius 1 is 1.03 bits per heavy atom. The zero-order valence-corrected chi connectivity index (χ0v) is 16.4. The molecular formula is C24H24F4O. The number of rotatable bonds is 4. The highest BCUT2D eigenvalue weighted by Gasteiger charge is 2.44. The second-order valence-corrected chi connectivity index (χ2v) is 7.96. The van der Waals surface area contributed by atoms with Gasteiger partial charge in [-0.05, 0) is 67.2 Å². The standard InChI is InChI=1S/C24H24F4O/c1-3-14-5-7-15(8-6-14)16-9-10-18-17-11-12-20(29-4-2)22(25)19(17)13-24(27,28)21(18)23(16)26/h3,9-12,14-15H,1,4-8,13H2,2H3. The van der Waals surface area contributed by atoms with Gasteiger partial charge in [-0.3, -0.25) is 0 Å². The Hall–Kier alpha value is -2.30. The smallest absolute Gasteiger partial charge is 0.280 e. The summed E-state index contributed by atoms with van der Waals surface area (Å²) in [5.41, 5.74) is 0.0108. The third-order valence-electron chi connectivity index (χ3n) is 6.28. The SMILES string of the molecule is C=CC1CCC(c2ccc3c(c2F)C(F)(F)Cc2c-3ccc(OCC)c2F)CC1. The summed E-state index contributed by atoms with van der Waals surface area (Å²) in [6.45, 7) is 5.74. The van der Waals surface area contributed by atoms with Crippen LogP contribution in [0.2, 0.25) is 0 Å². The van der Waals surface area contributed by atoms with Gasteiger partial charge in [-0.1, -0.05) is 24.3 Å². The molecule has 0 radical (unpaired) electrons. The van der Waals surface area contributed by atoms with Crippen LogP contribution in [0.3, 0.4) is 0 Å². The molecule has 0 heterocycles. The summed E-state index contributed by atoms with van der Waals surface area (Å²) in [5.74, 6) is -4.83. The van der Waals surface area contributed by atoms with Crippen molar-refractivity contribution in [3.63, 3.8) is 0 Å². The van der Waals surface area contributed by atoms with Gasteiger partial charge in [0, 0.05) is 12.0 Å². The average molecular weight is 404 g/mol. The molecule has 1 fully saturated rings. The minimum Gasteiger partial charge on any atom is -0.491 e. The lowest BCUT2D eigenvalue weighted by atomic mass is 9.75. The van der Waals surface area contributed by atoms with Crippen LogP contribution in [-0.4, -0.2) is 6.61 Å². The molecule has 0 aliphatic heterocycles. The summed E-state index contributed by atoms with van der Waals surface area (Å²) in [7, 11) is 0. The fraction of sp³-hybridized carbons (Fsp3) is 0.417. The molecule has 5 heteroatoms. The molecule has 154 valence electrons. The number of hydrogen-bond donors (Lipinski definition) is 0. The minimum atomic E-state index is -3.48. The summed E-state index contributed by atoms with van der Waals surface area (Å²) in [6.07, 6.45) is 4.31. The van der Waals surface area contributed by atoms with Crippen molar-refractivity contribution in [1.29, 1.82) is 0 Å². The van der Waals surface area contributed by atoms with E-state index >= 15 is 13.2 Å². The maximum atomic E-state index is 15.4. The van der Waals surface area contributed by atoms with Gasteiger partial charge in [-0.25, -0.2) is 17.6 Å². The number of fused-ring (bicyclic) bond motifs is 3. The molecule has 0 N–H and O–H groups in total. The van der Waals surface area contributed by atoms with Crippen LogP contribution < -0.4 is 4.74 Å². The van der Waals surface area contributed by atoms with Gasteiger partial charge in [-0.2, -0.15) is 0 Å². The molecule has 2 aliphatic carbocycles. The van der Waals surface area contributed by atoms with E-state index in [1.54, 1.807) is 19.1 Å². The molecule has 4 rings (SSSR count). The Labute approximate surface area is 168 Å². The van der Waals surface area contributed by atoms with Crippen molar-refractivity contribution in [2.75, 3.05) is 6.61 Å². The topological polar surface area (TPSA) is 9.23 Å². The number of halogens is 4. The van der Waals surface area contributed by atoms with E-state index in [4.69, 9.17) is 4.74 Å². The van der Waals surface area contributed by atoms with Crippen LogP contribution in [0.15, 0.2) is 36.9 Å². The summed E-state index contributed by atoms with van der Waals surface area (Å²) in [4.78, 5) is 0. The third kappa shape index (κ3) is 3.34. The van der Waals surface area contributed by atoms with Crippen LogP contribution in [0, 0.1) is 17.6 Å². The molecule has 29 heavy (non-hydrogen) atoms. The van der Waals surface area contributed by atoms with Crippen LogP contribution >= 0.6 is 0 Å². The van der Waals surface area contributed by atoms with Gasteiger partial charge in [-0.15, -0.1) is 6.58 Å². The van der Waals surface area contributed by atoms with Crippen molar-refractivity contribution in [2.45, 2.75) is 50.9 Å². The highest BCUT2D eigenvalue weighted by Crippen LogP contribution is 2.50. The molecule has 0 atom stereocenters. The van der Waals surface area contributed by atoms with E-state index in [0.29, 0.717) is 17.0 Å². The largest absolute Gasteiger partial charge is 0.491 e. The molecule has 2 aliphatic rings. The van der Waals surface area contributed by atoms with Crippen molar-refractivity contribution in [2.24, 2.45) is 5.92 Å². The Balaban J connectivity index is 1.79. The van der Waals surface area contributed by atoms with Crippen molar-refractivity contribution < 1.29 is 22.3 Å². The van der Waals surface area contributed by atoms with Gasteiger partial charge in [0.2, 0.25) is 0 Å². The van der Waals surface area contributed by atoms with Crippen molar-refractivity contribution in [1.82, 2.24) is 0 Å². The number of alkyl halides is 2. The van der Waals surface area contributed by atoms with Gasteiger partial charge in [0.15, 0.2) is 11.6 Å².